The van der Waals surface area contributed by atoms with Gasteiger partial charge in [0.2, 0.25) is 0 Å². The first kappa shape index (κ1) is 21.7. The topological polar surface area (TPSA) is 137 Å². The summed E-state index contributed by atoms with van der Waals surface area (Å²) in [6, 6.07) is 7.99. The second kappa shape index (κ2) is 9.65. The summed E-state index contributed by atoms with van der Waals surface area (Å²) in [5.74, 6) is -0.963. The molecule has 3 rings (SSSR count). The fourth-order valence-electron chi connectivity index (χ4n) is 2.97. The molecule has 11 nitrogen and oxygen atoms in total. The van der Waals surface area contributed by atoms with E-state index in [-0.39, 0.29) is 30.2 Å². The van der Waals surface area contributed by atoms with Crippen LogP contribution in [0.4, 0.5) is 4.79 Å². The van der Waals surface area contributed by atoms with Crippen molar-refractivity contribution >= 4 is 29.7 Å². The Balaban J connectivity index is 1.88. The molecule has 0 bridgehead atoms. The Morgan fingerprint density at radius 3 is 2.61 bits per heavy atom. The van der Waals surface area contributed by atoms with Crippen LogP contribution >= 0.6 is 0 Å². The van der Waals surface area contributed by atoms with E-state index in [9.17, 15) is 14.4 Å². The second-order valence-electron chi connectivity index (χ2n) is 6.59. The van der Waals surface area contributed by atoms with Crippen LogP contribution < -0.4 is 10.6 Å². The fourth-order valence-corrected chi connectivity index (χ4v) is 2.97. The number of rotatable bonds is 7. The number of hydrogen-bond acceptors (Lipinski definition) is 8. The number of esters is 2. The number of benzene rings is 1. The molecule has 1 aliphatic rings. The molecule has 1 aromatic carbocycles. The summed E-state index contributed by atoms with van der Waals surface area (Å²) >= 11 is 0. The summed E-state index contributed by atoms with van der Waals surface area (Å²) in [7, 11) is 0. The molecule has 0 saturated carbocycles. The monoisotopic (exact) mass is 426 g/mol. The first-order valence-corrected chi connectivity index (χ1v) is 9.57. The van der Waals surface area contributed by atoms with E-state index in [0.717, 1.165) is 5.56 Å². The van der Waals surface area contributed by atoms with E-state index in [4.69, 9.17) is 9.47 Å². The van der Waals surface area contributed by atoms with Crippen molar-refractivity contribution in [2.75, 3.05) is 13.2 Å². The Bertz CT molecular complexity index is 1040. The highest BCUT2D eigenvalue weighted by molar-refractivity contribution is 6.15. The van der Waals surface area contributed by atoms with Crippen LogP contribution in [0, 0.1) is 6.92 Å². The highest BCUT2D eigenvalue weighted by Gasteiger charge is 2.30. The molecule has 0 spiro atoms. The lowest BCUT2D eigenvalue weighted by atomic mass is 10.0. The van der Waals surface area contributed by atoms with Crippen LogP contribution in [0.25, 0.3) is 11.8 Å². The number of ether oxygens (including phenoxy) is 2. The van der Waals surface area contributed by atoms with Crippen molar-refractivity contribution in [1.29, 1.82) is 0 Å². The average molecular weight is 426 g/mol. The molecule has 2 aromatic rings. The van der Waals surface area contributed by atoms with Gasteiger partial charge in [-0.25, -0.2) is 14.4 Å². The number of hydrogen-bond donors (Lipinski definition) is 2. The molecule has 1 aromatic heterocycles. The molecular weight excluding hydrogens is 404 g/mol. The van der Waals surface area contributed by atoms with Crippen molar-refractivity contribution < 1.29 is 23.9 Å². The van der Waals surface area contributed by atoms with Gasteiger partial charge in [0, 0.05) is 0 Å². The third kappa shape index (κ3) is 5.13. The lowest BCUT2D eigenvalue weighted by Crippen LogP contribution is -2.50. The molecule has 2 amide bonds. The molecular formula is C20H22N6O5. The summed E-state index contributed by atoms with van der Waals surface area (Å²) in [6.45, 7) is 4.77. The maximum Gasteiger partial charge on any atom is 0.357 e. The van der Waals surface area contributed by atoms with Gasteiger partial charge in [-0.3, -0.25) is 0 Å². The lowest BCUT2D eigenvalue weighted by molar-refractivity contribution is -0.140. The number of nitrogens with one attached hydrogen (secondary N) is 2. The van der Waals surface area contributed by atoms with Crippen LogP contribution in [0.15, 0.2) is 41.6 Å². The number of amides is 2. The number of aryl methyl sites for hydroxylation is 1. The molecule has 2 N–H and O–H groups in total. The number of carbonyl (C=O) groups excluding carboxylic acids is 3. The zero-order valence-electron chi connectivity index (χ0n) is 17.3. The lowest BCUT2D eigenvalue weighted by Gasteiger charge is -2.26. The number of tetrazole rings is 1. The Hall–Kier alpha value is -4.02. The Morgan fingerprint density at radius 1 is 1.23 bits per heavy atom. The maximum atomic E-state index is 12.9. The first-order valence-electron chi connectivity index (χ1n) is 9.57. The molecule has 0 saturated heterocycles. The number of carbonyl (C=O) groups is 3. The Labute approximate surface area is 178 Å². The van der Waals surface area contributed by atoms with Crippen LogP contribution in [0.2, 0.25) is 0 Å². The van der Waals surface area contributed by atoms with Gasteiger partial charge in [0.15, 0.2) is 11.5 Å². The molecule has 2 heterocycles. The van der Waals surface area contributed by atoms with E-state index in [0.29, 0.717) is 5.82 Å². The number of nitrogens with zero attached hydrogens (tertiary/aromatic N) is 4. The summed E-state index contributed by atoms with van der Waals surface area (Å²) in [4.78, 5) is 37.1. The van der Waals surface area contributed by atoms with E-state index in [2.05, 4.69) is 26.2 Å². The van der Waals surface area contributed by atoms with Gasteiger partial charge in [-0.1, -0.05) is 30.3 Å². The van der Waals surface area contributed by atoms with E-state index in [1.54, 1.807) is 26.8 Å². The third-order valence-corrected chi connectivity index (χ3v) is 4.38. The molecule has 31 heavy (non-hydrogen) atoms. The maximum absolute atomic E-state index is 12.9. The molecule has 0 unspecified atom stereocenters. The van der Waals surface area contributed by atoms with Gasteiger partial charge in [-0.05, 0) is 42.8 Å². The van der Waals surface area contributed by atoms with Crippen LogP contribution in [-0.2, 0) is 19.1 Å². The predicted octanol–water partition coefficient (Wildman–Crippen LogP) is 1.04. The van der Waals surface area contributed by atoms with Crippen molar-refractivity contribution in [2.24, 2.45) is 0 Å². The normalized spacial score (nSPS) is 16.4. The van der Waals surface area contributed by atoms with Crippen molar-refractivity contribution in [1.82, 2.24) is 30.8 Å². The smallest absolute Gasteiger partial charge is 0.357 e. The van der Waals surface area contributed by atoms with Crippen molar-refractivity contribution in [2.45, 2.75) is 26.8 Å². The Morgan fingerprint density at radius 2 is 1.97 bits per heavy atom. The molecule has 0 fully saturated rings. The largest absolute Gasteiger partial charge is 0.463 e. The van der Waals surface area contributed by atoms with Crippen molar-refractivity contribution in [3.8, 4) is 0 Å². The van der Waals surface area contributed by atoms with E-state index >= 15 is 0 Å². The van der Waals surface area contributed by atoms with E-state index < -0.39 is 24.0 Å². The van der Waals surface area contributed by atoms with Gasteiger partial charge < -0.3 is 20.1 Å². The molecule has 162 valence electrons. The van der Waals surface area contributed by atoms with Gasteiger partial charge in [0.25, 0.3) is 0 Å². The van der Waals surface area contributed by atoms with Gasteiger partial charge in [0.05, 0.1) is 23.9 Å². The SMILES string of the molecule is CCOC(=O)C1=C(COC(=O)/C(=C/c2ccccc2)n2nnnc2C)NC(=O)N[C@@H]1C. The predicted molar refractivity (Wildman–Crippen MR) is 109 cm³/mol. The summed E-state index contributed by atoms with van der Waals surface area (Å²) in [5, 5.41) is 16.3. The standard InChI is InChI=1S/C20H22N6O5/c1-4-30-19(28)17-12(2)21-20(29)22-15(17)11-31-18(27)16(26-13(3)23-24-25-26)10-14-8-6-5-7-9-14/h5-10,12H,4,11H2,1-3H3,(H2,21,22,29)/b16-10-/t12-/m1/s1. The molecule has 11 heteroatoms. The van der Waals surface area contributed by atoms with Crippen LogP contribution in [0.1, 0.15) is 25.2 Å². The summed E-state index contributed by atoms with van der Waals surface area (Å²) < 4.78 is 11.7. The summed E-state index contributed by atoms with van der Waals surface area (Å²) in [5.41, 5.74) is 1.14. The minimum absolute atomic E-state index is 0.0697. The van der Waals surface area contributed by atoms with Gasteiger partial charge in [0.1, 0.15) is 6.61 Å². The van der Waals surface area contributed by atoms with Crippen molar-refractivity contribution in [3.63, 3.8) is 0 Å². The molecule has 1 atom stereocenters. The molecule has 0 radical (unpaired) electrons. The Kier molecular flexibility index (Phi) is 6.75. The molecule has 0 aliphatic carbocycles. The highest BCUT2D eigenvalue weighted by atomic mass is 16.5. The van der Waals surface area contributed by atoms with Crippen molar-refractivity contribution in [3.05, 3.63) is 53.0 Å². The number of urea groups is 1. The van der Waals surface area contributed by atoms with E-state index in [1.807, 2.05) is 30.3 Å². The average Bonchev–Trinajstić information content (AvgIpc) is 3.16. The first-order chi connectivity index (χ1) is 14.9. The van der Waals surface area contributed by atoms with Gasteiger partial charge in [-0.15, -0.1) is 5.10 Å². The van der Waals surface area contributed by atoms with Crippen LogP contribution in [0.5, 0.6) is 0 Å². The quantitative estimate of drug-likeness (QED) is 0.495. The summed E-state index contributed by atoms with van der Waals surface area (Å²) in [6.07, 6.45) is 1.58. The molecule has 1 aliphatic heterocycles. The minimum atomic E-state index is -0.740. The van der Waals surface area contributed by atoms with Gasteiger partial charge >= 0.3 is 18.0 Å². The minimum Gasteiger partial charge on any atom is -0.463 e. The fraction of sp³-hybridized carbons (Fsp3) is 0.300. The third-order valence-electron chi connectivity index (χ3n) is 4.38. The number of aromatic nitrogens is 4. The zero-order valence-corrected chi connectivity index (χ0v) is 17.3. The highest BCUT2D eigenvalue weighted by Crippen LogP contribution is 2.17. The van der Waals surface area contributed by atoms with Crippen LogP contribution in [0.3, 0.4) is 0 Å². The zero-order chi connectivity index (χ0) is 22.4. The van der Waals surface area contributed by atoms with E-state index in [1.165, 1.54) is 4.68 Å². The van der Waals surface area contributed by atoms with Gasteiger partial charge in [-0.2, -0.15) is 4.68 Å². The van der Waals surface area contributed by atoms with Crippen LogP contribution in [-0.4, -0.2) is 57.4 Å². The second-order valence-corrected chi connectivity index (χ2v) is 6.59.